The zero-order valence-electron chi connectivity index (χ0n) is 19.9. The number of fused-ring (bicyclic) bond motifs is 2. The van der Waals surface area contributed by atoms with Gasteiger partial charge in [0, 0.05) is 26.6 Å². The van der Waals surface area contributed by atoms with Crippen molar-refractivity contribution in [2.24, 2.45) is 0 Å². The zero-order valence-corrected chi connectivity index (χ0v) is 21.5. The van der Waals surface area contributed by atoms with Crippen LogP contribution in [-0.2, 0) is 5.41 Å². The van der Waals surface area contributed by atoms with Crippen LogP contribution in [0.2, 0.25) is 0 Å². The maximum Gasteiger partial charge on any atom is 0.173 e. The molecule has 1 aliphatic rings. The average Bonchev–Trinajstić information content (AvgIpc) is 3.38. The van der Waals surface area contributed by atoms with E-state index in [0.717, 1.165) is 33.3 Å². The Morgan fingerprint density at radius 1 is 0.686 bits per heavy atom. The molecule has 2 heterocycles. The number of rotatable bonds is 3. The smallest absolute Gasteiger partial charge is 0.173 e. The third kappa shape index (κ3) is 4.15. The van der Waals surface area contributed by atoms with Gasteiger partial charge in [-0.25, -0.2) is 4.98 Å². The van der Waals surface area contributed by atoms with Gasteiger partial charge in [-0.05, 0) is 65.0 Å². The Balaban J connectivity index is 1.44. The molecule has 35 heavy (non-hydrogen) atoms. The lowest BCUT2D eigenvalue weighted by Gasteiger charge is -2.33. The summed E-state index contributed by atoms with van der Waals surface area (Å²) in [5.41, 5.74) is 7.08. The molecular weight excluding hydrogens is 466 g/mol. The van der Waals surface area contributed by atoms with Crippen molar-refractivity contribution in [2.45, 2.75) is 36.0 Å². The van der Waals surface area contributed by atoms with Crippen molar-refractivity contribution in [3.63, 3.8) is 0 Å². The summed E-state index contributed by atoms with van der Waals surface area (Å²) < 4.78 is 4.70. The van der Waals surface area contributed by atoms with Gasteiger partial charge in [-0.2, -0.15) is 4.37 Å². The molecule has 0 spiro atoms. The van der Waals surface area contributed by atoms with Crippen LogP contribution in [0.15, 0.2) is 107 Å². The second kappa shape index (κ2) is 8.67. The standard InChI is InChI=1S/C30H25N3S2/c1-30(2,3)22-14-16-23(17-15-22)33-24-11-7-8-12-26(24)34-27-18-13-21(19-25(27)33)28-31-29(35-32-28)20-9-5-4-6-10-20/h4-19H,1-3H3. The van der Waals surface area contributed by atoms with E-state index in [0.29, 0.717) is 0 Å². The van der Waals surface area contributed by atoms with Gasteiger partial charge in [-0.1, -0.05) is 87.1 Å². The summed E-state index contributed by atoms with van der Waals surface area (Å²) in [6.45, 7) is 6.75. The molecule has 0 unspecified atom stereocenters. The molecule has 1 aromatic heterocycles. The minimum absolute atomic E-state index is 0.117. The Hall–Kier alpha value is -3.41. The average molecular weight is 492 g/mol. The summed E-state index contributed by atoms with van der Waals surface area (Å²) >= 11 is 3.26. The Kier molecular flexibility index (Phi) is 5.47. The molecule has 172 valence electrons. The predicted molar refractivity (Wildman–Crippen MR) is 148 cm³/mol. The first kappa shape index (κ1) is 22.1. The van der Waals surface area contributed by atoms with Crippen molar-refractivity contribution in [1.82, 2.24) is 9.36 Å². The van der Waals surface area contributed by atoms with E-state index >= 15 is 0 Å². The van der Waals surface area contributed by atoms with Crippen LogP contribution in [0.25, 0.3) is 22.0 Å². The largest absolute Gasteiger partial charge is 0.308 e. The van der Waals surface area contributed by atoms with E-state index in [9.17, 15) is 0 Å². The number of hydrogen-bond acceptors (Lipinski definition) is 5. The molecule has 0 radical (unpaired) electrons. The fraction of sp³-hybridized carbons (Fsp3) is 0.133. The second-order valence-electron chi connectivity index (χ2n) is 9.67. The molecule has 0 saturated heterocycles. The highest BCUT2D eigenvalue weighted by molar-refractivity contribution is 7.99. The molecule has 0 N–H and O–H groups in total. The molecular formula is C30H25N3S2. The Morgan fingerprint density at radius 3 is 2.17 bits per heavy atom. The van der Waals surface area contributed by atoms with E-state index in [4.69, 9.17) is 9.36 Å². The summed E-state index contributed by atoms with van der Waals surface area (Å²) in [7, 11) is 0. The molecule has 0 aliphatic carbocycles. The molecule has 5 aromatic rings. The highest BCUT2D eigenvalue weighted by Gasteiger charge is 2.26. The SMILES string of the molecule is CC(C)(C)c1ccc(N2c3ccccc3Sc3ccc(-c4nsc(-c5ccccc5)n4)cc32)cc1. The third-order valence-corrected chi connectivity index (χ3v) is 8.12. The van der Waals surface area contributed by atoms with Crippen LogP contribution >= 0.6 is 23.3 Å². The van der Waals surface area contributed by atoms with Crippen molar-refractivity contribution in [3.8, 4) is 22.0 Å². The molecule has 1 aliphatic heterocycles. The lowest BCUT2D eigenvalue weighted by Crippen LogP contribution is -2.16. The molecule has 0 bridgehead atoms. The van der Waals surface area contributed by atoms with Gasteiger partial charge in [-0.15, -0.1) is 0 Å². The number of aromatic nitrogens is 2. The van der Waals surface area contributed by atoms with Crippen LogP contribution < -0.4 is 4.90 Å². The lowest BCUT2D eigenvalue weighted by atomic mass is 9.87. The summed E-state index contributed by atoms with van der Waals surface area (Å²) in [4.78, 5) is 9.71. The first-order valence-corrected chi connectivity index (χ1v) is 13.3. The first-order chi connectivity index (χ1) is 17.0. The van der Waals surface area contributed by atoms with Gasteiger partial charge in [0.15, 0.2) is 5.82 Å². The quantitative estimate of drug-likeness (QED) is 0.247. The van der Waals surface area contributed by atoms with E-state index < -0.39 is 0 Å². The molecule has 4 aromatic carbocycles. The number of para-hydroxylation sites is 1. The van der Waals surface area contributed by atoms with Crippen molar-refractivity contribution in [1.29, 1.82) is 0 Å². The van der Waals surface area contributed by atoms with Gasteiger partial charge in [-0.3, -0.25) is 0 Å². The summed E-state index contributed by atoms with van der Waals surface area (Å²) in [6, 6.07) is 34.4. The molecule has 5 heteroatoms. The Morgan fingerprint density at radius 2 is 1.40 bits per heavy atom. The van der Waals surface area contributed by atoms with Gasteiger partial charge < -0.3 is 4.90 Å². The van der Waals surface area contributed by atoms with E-state index in [1.54, 1.807) is 0 Å². The fourth-order valence-electron chi connectivity index (χ4n) is 4.32. The number of benzene rings is 4. The fourth-order valence-corrected chi connectivity index (χ4v) is 6.05. The zero-order chi connectivity index (χ0) is 24.0. The van der Waals surface area contributed by atoms with Crippen molar-refractivity contribution >= 4 is 40.4 Å². The topological polar surface area (TPSA) is 29.0 Å². The highest BCUT2D eigenvalue weighted by Crippen LogP contribution is 2.52. The van der Waals surface area contributed by atoms with Crippen LogP contribution in [0.1, 0.15) is 26.3 Å². The van der Waals surface area contributed by atoms with Gasteiger partial charge in [0.2, 0.25) is 0 Å². The predicted octanol–water partition coefficient (Wildman–Crippen LogP) is 9.10. The lowest BCUT2D eigenvalue weighted by molar-refractivity contribution is 0.590. The summed E-state index contributed by atoms with van der Waals surface area (Å²) in [6.07, 6.45) is 0. The minimum Gasteiger partial charge on any atom is -0.308 e. The van der Waals surface area contributed by atoms with E-state index in [1.807, 2.05) is 30.0 Å². The third-order valence-electron chi connectivity index (χ3n) is 6.22. The van der Waals surface area contributed by atoms with Crippen molar-refractivity contribution < 1.29 is 0 Å². The van der Waals surface area contributed by atoms with E-state index in [2.05, 4.69) is 105 Å². The summed E-state index contributed by atoms with van der Waals surface area (Å²) in [5.74, 6) is 0.767. The molecule has 0 atom stereocenters. The Labute approximate surface area is 214 Å². The van der Waals surface area contributed by atoms with Gasteiger partial charge >= 0.3 is 0 Å². The minimum atomic E-state index is 0.117. The van der Waals surface area contributed by atoms with Crippen LogP contribution in [0.3, 0.4) is 0 Å². The highest BCUT2D eigenvalue weighted by atomic mass is 32.2. The van der Waals surface area contributed by atoms with Crippen LogP contribution in [0.4, 0.5) is 17.1 Å². The number of nitrogens with zero attached hydrogens (tertiary/aromatic N) is 3. The number of hydrogen-bond donors (Lipinski definition) is 0. The summed E-state index contributed by atoms with van der Waals surface area (Å²) in [5, 5.41) is 0.938. The first-order valence-electron chi connectivity index (χ1n) is 11.7. The molecule has 0 fully saturated rings. The van der Waals surface area contributed by atoms with E-state index in [-0.39, 0.29) is 5.41 Å². The Bertz CT molecular complexity index is 1500. The van der Waals surface area contributed by atoms with Gasteiger partial charge in [0.25, 0.3) is 0 Å². The van der Waals surface area contributed by atoms with Crippen molar-refractivity contribution in [3.05, 3.63) is 103 Å². The second-order valence-corrected chi connectivity index (χ2v) is 11.5. The van der Waals surface area contributed by atoms with Crippen LogP contribution in [0, 0.1) is 0 Å². The molecule has 0 saturated carbocycles. The van der Waals surface area contributed by atoms with Crippen molar-refractivity contribution in [2.75, 3.05) is 4.90 Å². The van der Waals surface area contributed by atoms with E-state index in [1.165, 1.54) is 32.6 Å². The van der Waals surface area contributed by atoms with Gasteiger partial charge in [0.05, 0.1) is 11.4 Å². The normalized spacial score (nSPS) is 12.8. The molecule has 6 rings (SSSR count). The molecule has 3 nitrogen and oxygen atoms in total. The number of anilines is 3. The van der Waals surface area contributed by atoms with Crippen LogP contribution in [0.5, 0.6) is 0 Å². The molecule has 0 amide bonds. The van der Waals surface area contributed by atoms with Crippen LogP contribution in [-0.4, -0.2) is 9.36 Å². The monoisotopic (exact) mass is 491 g/mol. The van der Waals surface area contributed by atoms with Gasteiger partial charge in [0.1, 0.15) is 5.01 Å². The maximum atomic E-state index is 4.86. The maximum absolute atomic E-state index is 4.86.